The zero-order chi connectivity index (χ0) is 20.4. The van der Waals surface area contributed by atoms with Crippen LogP contribution in [-0.2, 0) is 10.0 Å². The molecule has 0 amide bonds. The lowest BCUT2D eigenvalue weighted by Crippen LogP contribution is -2.73. The molecule has 1 saturated heterocycles. The fourth-order valence-corrected chi connectivity index (χ4v) is 4.78. The topological polar surface area (TPSA) is 113 Å². The minimum Gasteiger partial charge on any atom is -0.380 e. The summed E-state index contributed by atoms with van der Waals surface area (Å²) >= 11 is 0. The molecule has 1 aliphatic rings. The van der Waals surface area contributed by atoms with Crippen molar-refractivity contribution in [2.24, 2.45) is 0 Å². The van der Waals surface area contributed by atoms with Crippen LogP contribution in [0, 0.1) is 5.41 Å². The van der Waals surface area contributed by atoms with Crippen LogP contribution in [0.4, 0.5) is 0 Å². The smallest absolute Gasteiger partial charge is 0.286 e. The Morgan fingerprint density at radius 1 is 1.07 bits per heavy atom. The van der Waals surface area contributed by atoms with Crippen LogP contribution in [0.5, 0.6) is 0 Å². The Balaban J connectivity index is 1.69. The van der Waals surface area contributed by atoms with Gasteiger partial charge in [0.05, 0.1) is 10.9 Å². The highest BCUT2D eigenvalue weighted by atomic mass is 32.2. The maximum Gasteiger partial charge on any atom is 0.286 e. The molecule has 9 nitrogen and oxygen atoms in total. The van der Waals surface area contributed by atoms with Crippen LogP contribution in [0.15, 0.2) is 76.3 Å². The Morgan fingerprint density at radius 3 is 2.34 bits per heavy atom. The molecule has 1 N–H and O–H groups in total. The summed E-state index contributed by atoms with van der Waals surface area (Å²) in [5, 5.41) is 12.9. The molecule has 0 spiro atoms. The molecule has 4 rings (SSSR count). The molecular weight excluding hydrogens is 394 g/mol. The molecule has 2 aromatic carbocycles. The van der Waals surface area contributed by atoms with E-state index in [1.54, 1.807) is 53.5 Å². The van der Waals surface area contributed by atoms with Gasteiger partial charge in [-0.15, -0.1) is 0 Å². The molecular formula is C19H19N5O4S. The molecule has 0 radical (unpaired) electrons. The van der Waals surface area contributed by atoms with Gasteiger partial charge in [-0.25, -0.2) is 8.42 Å². The van der Waals surface area contributed by atoms with Crippen molar-refractivity contribution in [1.82, 2.24) is 9.58 Å². The SMILES string of the molecule is N=c1c[n+](N2CCN(S(=O)(=O)c3ccccc3)CC2C(=O)c2ccccc2)[n-]o1. The van der Waals surface area contributed by atoms with Crippen molar-refractivity contribution in [2.45, 2.75) is 10.9 Å². The van der Waals surface area contributed by atoms with E-state index in [-0.39, 0.29) is 35.9 Å². The standard InChI is InChI=1S/C19H19N5O4S/c20-18-14-24(21-28-18)23-12-11-22(29(26,27)16-9-5-2-6-10-16)13-17(23)19(25)15-7-3-1-4-8-15/h1-10,14,17,20H,11-13H2. The lowest BCUT2D eigenvalue weighted by molar-refractivity contribution is -0.766. The quantitative estimate of drug-likeness (QED) is 0.462. The second-order valence-corrected chi connectivity index (χ2v) is 8.51. The number of rotatable bonds is 5. The number of benzene rings is 2. The first-order valence-corrected chi connectivity index (χ1v) is 10.4. The lowest BCUT2D eigenvalue weighted by atomic mass is 10.0. The fourth-order valence-electron chi connectivity index (χ4n) is 3.33. The van der Waals surface area contributed by atoms with E-state index in [4.69, 9.17) is 9.93 Å². The number of carbonyl (C=O) groups is 1. The monoisotopic (exact) mass is 413 g/mol. The van der Waals surface area contributed by atoms with E-state index in [1.165, 1.54) is 27.4 Å². The van der Waals surface area contributed by atoms with Crippen LogP contribution < -0.4 is 20.6 Å². The van der Waals surface area contributed by atoms with E-state index in [0.717, 1.165) is 0 Å². The van der Waals surface area contributed by atoms with E-state index in [0.29, 0.717) is 5.56 Å². The van der Waals surface area contributed by atoms with Gasteiger partial charge in [0.25, 0.3) is 11.8 Å². The van der Waals surface area contributed by atoms with Crippen LogP contribution in [0.25, 0.3) is 0 Å². The zero-order valence-electron chi connectivity index (χ0n) is 15.4. The molecule has 1 aliphatic heterocycles. The van der Waals surface area contributed by atoms with Gasteiger partial charge in [0.15, 0.2) is 5.78 Å². The summed E-state index contributed by atoms with van der Waals surface area (Å²) in [6.45, 7) is 0.340. The van der Waals surface area contributed by atoms with Gasteiger partial charge in [-0.1, -0.05) is 53.3 Å². The van der Waals surface area contributed by atoms with Gasteiger partial charge in [0.2, 0.25) is 10.0 Å². The second-order valence-electron chi connectivity index (χ2n) is 6.57. The summed E-state index contributed by atoms with van der Waals surface area (Å²) in [6.07, 6.45) is 1.34. The van der Waals surface area contributed by atoms with E-state index in [2.05, 4.69) is 5.27 Å². The molecule has 1 atom stereocenters. The second kappa shape index (κ2) is 7.64. The molecule has 2 heterocycles. The molecule has 150 valence electrons. The van der Waals surface area contributed by atoms with Crippen molar-refractivity contribution in [3.8, 4) is 0 Å². The van der Waals surface area contributed by atoms with E-state index in [1.807, 2.05) is 0 Å². The van der Waals surface area contributed by atoms with Crippen LogP contribution in [0.2, 0.25) is 0 Å². The summed E-state index contributed by atoms with van der Waals surface area (Å²) in [4.78, 5) is 14.7. The van der Waals surface area contributed by atoms with Gasteiger partial charge in [-0.05, 0) is 17.4 Å². The molecule has 1 fully saturated rings. The van der Waals surface area contributed by atoms with Gasteiger partial charge in [0, 0.05) is 25.2 Å². The number of Topliss-reactive ketones (excluding diaryl/α,β-unsaturated/α-hetero) is 1. The maximum atomic E-state index is 13.2. The van der Waals surface area contributed by atoms with Crippen molar-refractivity contribution in [2.75, 3.05) is 24.6 Å². The molecule has 0 bridgehead atoms. The molecule has 0 aliphatic carbocycles. The van der Waals surface area contributed by atoms with Gasteiger partial charge in [-0.3, -0.25) is 15.2 Å². The molecule has 29 heavy (non-hydrogen) atoms. The number of hydrogen-bond acceptors (Lipinski definition) is 6. The minimum atomic E-state index is -3.75. The lowest BCUT2D eigenvalue weighted by Gasteiger charge is -2.40. The molecule has 1 unspecified atom stereocenters. The third-order valence-electron chi connectivity index (χ3n) is 4.78. The number of aromatic nitrogens is 2. The number of hydrogen-bond donors (Lipinski definition) is 1. The summed E-state index contributed by atoms with van der Waals surface area (Å²) in [5.74, 6) is -0.236. The normalized spacial score (nSPS) is 17.9. The van der Waals surface area contributed by atoms with Gasteiger partial charge >= 0.3 is 0 Å². The summed E-state index contributed by atoms with van der Waals surface area (Å²) in [6, 6.07) is 16.0. The number of nitrogens with one attached hydrogen (secondary N) is 1. The van der Waals surface area contributed by atoms with Crippen LogP contribution in [0.3, 0.4) is 0 Å². The van der Waals surface area contributed by atoms with Gasteiger partial charge in [0.1, 0.15) is 0 Å². The number of ketones is 1. The molecule has 10 heteroatoms. The van der Waals surface area contributed by atoms with Crippen molar-refractivity contribution in [3.63, 3.8) is 0 Å². The van der Waals surface area contributed by atoms with E-state index >= 15 is 0 Å². The highest BCUT2D eigenvalue weighted by molar-refractivity contribution is 7.89. The van der Waals surface area contributed by atoms with Gasteiger partial charge < -0.3 is 4.52 Å². The van der Waals surface area contributed by atoms with Crippen LogP contribution >= 0.6 is 0 Å². The molecule has 1 aromatic heterocycles. The highest BCUT2D eigenvalue weighted by Gasteiger charge is 2.38. The third kappa shape index (κ3) is 3.71. The Morgan fingerprint density at radius 2 is 1.72 bits per heavy atom. The number of piperazine rings is 1. The predicted octanol–water partition coefficient (Wildman–Crippen LogP) is -0.102. The fraction of sp³-hybridized carbons (Fsp3) is 0.211. The first-order valence-electron chi connectivity index (χ1n) is 8.98. The third-order valence-corrected chi connectivity index (χ3v) is 6.65. The summed E-state index contributed by atoms with van der Waals surface area (Å²) in [5.41, 5.74) is 0.312. The minimum absolute atomic E-state index is 0.0435. The van der Waals surface area contributed by atoms with E-state index < -0.39 is 16.1 Å². The number of carbonyl (C=O) groups excluding carboxylic acids is 1. The predicted molar refractivity (Wildman–Crippen MR) is 101 cm³/mol. The Hall–Kier alpha value is -3.24. The molecule has 3 aromatic rings. The van der Waals surface area contributed by atoms with E-state index in [9.17, 15) is 13.2 Å². The van der Waals surface area contributed by atoms with Crippen molar-refractivity contribution in [3.05, 3.63) is 78.0 Å². The van der Waals surface area contributed by atoms with Crippen molar-refractivity contribution < 1.29 is 22.5 Å². The maximum absolute atomic E-state index is 13.2. The van der Waals surface area contributed by atoms with Crippen LogP contribution in [-0.4, -0.2) is 44.2 Å². The van der Waals surface area contributed by atoms with Crippen LogP contribution in [0.1, 0.15) is 10.4 Å². The average molecular weight is 413 g/mol. The number of nitrogens with zero attached hydrogens (tertiary/aromatic N) is 4. The summed E-state index contributed by atoms with van der Waals surface area (Å²) in [7, 11) is -3.75. The number of sulfonamides is 1. The first-order chi connectivity index (χ1) is 14.0. The zero-order valence-corrected chi connectivity index (χ0v) is 16.2. The Labute approximate surface area is 167 Å². The highest BCUT2D eigenvalue weighted by Crippen LogP contribution is 2.20. The van der Waals surface area contributed by atoms with Crippen molar-refractivity contribution >= 4 is 15.8 Å². The largest absolute Gasteiger partial charge is 0.380 e. The Bertz CT molecular complexity index is 1160. The van der Waals surface area contributed by atoms with Gasteiger partial charge in [-0.2, -0.15) is 4.31 Å². The first kappa shape index (κ1) is 19.1. The van der Waals surface area contributed by atoms with Crippen molar-refractivity contribution in [1.29, 1.82) is 5.41 Å². The Kier molecular flexibility index (Phi) is 5.03. The average Bonchev–Trinajstić information content (AvgIpc) is 3.20. The summed E-state index contributed by atoms with van der Waals surface area (Å²) < 4.78 is 32.3. The molecule has 0 saturated carbocycles.